The fourth-order valence-electron chi connectivity index (χ4n) is 0.157. The summed E-state index contributed by atoms with van der Waals surface area (Å²) in [7, 11) is 2.73. The van der Waals surface area contributed by atoms with Crippen LogP contribution < -0.4 is 0 Å². The summed E-state index contributed by atoms with van der Waals surface area (Å²) >= 11 is 0. The average molecular weight is 152 g/mol. The van der Waals surface area contributed by atoms with Gasteiger partial charge in [0.15, 0.2) is 0 Å². The molecule has 4 heteroatoms. The number of halogens is 1. The first kappa shape index (κ1) is 12.2. The molecule has 0 N–H and O–H groups in total. The highest BCUT2D eigenvalue weighted by molar-refractivity contribution is 4.67. The van der Waals surface area contributed by atoms with E-state index in [4.69, 9.17) is 0 Å². The van der Waals surface area contributed by atoms with E-state index < -0.39 is 0 Å². The van der Waals surface area contributed by atoms with E-state index in [9.17, 15) is 4.39 Å². The van der Waals surface area contributed by atoms with Crippen LogP contribution >= 0.6 is 0 Å². The zero-order valence-corrected chi connectivity index (χ0v) is 6.46. The highest BCUT2D eigenvalue weighted by atomic mass is 19.1. The minimum Gasteiger partial charge on any atom is -0.216 e. The molecule has 62 valence electrons. The van der Waals surface area contributed by atoms with Crippen LogP contribution in [0, 0.1) is 0 Å². The summed E-state index contributed by atoms with van der Waals surface area (Å²) in [4.78, 5) is 7.94. The molecule has 3 nitrogen and oxygen atoms in total. The Labute approximate surface area is 60.2 Å². The van der Waals surface area contributed by atoms with Gasteiger partial charge >= 0.3 is 0 Å². The third-order valence-electron chi connectivity index (χ3n) is 0.461. The predicted octanol–water partition coefficient (Wildman–Crippen LogP) is 2.01. The molecule has 0 saturated heterocycles. The van der Waals surface area contributed by atoms with Crippen LogP contribution in [0.3, 0.4) is 0 Å². The Morgan fingerprint density at radius 3 is 1.80 bits per heavy atom. The molecule has 0 aromatic rings. The zero-order chi connectivity index (χ0) is 8.24. The first-order chi connectivity index (χ1) is 4.83. The normalized spacial score (nSPS) is 9.20. The summed E-state index contributed by atoms with van der Waals surface area (Å²) in [5, 5.41) is 3.83. The van der Waals surface area contributed by atoms with Crippen molar-refractivity contribution >= 4 is 0 Å². The molecule has 0 heterocycles. The Bertz CT molecular complexity index is 64.0. The number of rotatable bonds is 3. The van der Waals surface area contributed by atoms with Crippen molar-refractivity contribution in [2.45, 2.75) is 13.3 Å². The molecule has 0 rings (SSSR count). The van der Waals surface area contributed by atoms with Crippen LogP contribution in [0.1, 0.15) is 13.3 Å². The molecule has 0 fully saturated rings. The smallest absolute Gasteiger partial charge is 0.0826 e. The predicted molar refractivity (Wildman–Crippen MR) is 35.6 cm³/mol. The Hall–Kier alpha value is -0.450. The van der Waals surface area contributed by atoms with Crippen molar-refractivity contribution < 1.29 is 19.2 Å². The molecule has 0 aromatic carbocycles. The van der Waals surface area contributed by atoms with Gasteiger partial charge in [-0.25, -0.2) is 14.2 Å². The quantitative estimate of drug-likeness (QED) is 0.457. The van der Waals surface area contributed by atoms with Gasteiger partial charge in [-0.2, -0.15) is 0 Å². The molecule has 0 aromatic heterocycles. The van der Waals surface area contributed by atoms with Crippen molar-refractivity contribution in [3.05, 3.63) is 12.4 Å². The van der Waals surface area contributed by atoms with Crippen LogP contribution in [0.25, 0.3) is 0 Å². The molecule has 0 aliphatic carbocycles. The standard InChI is InChI=1S/C4H7F.C2H6O3/c1-2-3-4-5;1-3-5-4-2/h3-4H,2H2,1H3;1-2H3. The summed E-state index contributed by atoms with van der Waals surface area (Å²) in [5.74, 6) is 0. The van der Waals surface area contributed by atoms with E-state index in [1.54, 1.807) is 0 Å². The molecule has 0 atom stereocenters. The maximum absolute atomic E-state index is 10.8. The van der Waals surface area contributed by atoms with Crippen molar-refractivity contribution in [2.24, 2.45) is 0 Å². The Kier molecular flexibility index (Phi) is 19.4. The molecule has 0 aliphatic heterocycles. The lowest BCUT2D eigenvalue weighted by molar-refractivity contribution is -0.491. The highest BCUT2D eigenvalue weighted by Gasteiger charge is 1.62. The summed E-state index contributed by atoms with van der Waals surface area (Å²) in [5.41, 5.74) is 0. The van der Waals surface area contributed by atoms with Gasteiger partial charge in [-0.05, 0) is 6.42 Å². The van der Waals surface area contributed by atoms with Crippen LogP contribution in [-0.2, 0) is 14.8 Å². The lowest BCUT2D eigenvalue weighted by atomic mass is 10.5. The second-order valence-corrected chi connectivity index (χ2v) is 1.17. The molecule has 0 unspecified atom stereocenters. The fourth-order valence-corrected chi connectivity index (χ4v) is 0.157. The number of hydrogen-bond donors (Lipinski definition) is 0. The van der Waals surface area contributed by atoms with E-state index in [1.165, 1.54) is 20.3 Å². The molecule has 0 spiro atoms. The summed E-state index contributed by atoms with van der Waals surface area (Å²) in [6.07, 6.45) is 2.80. The van der Waals surface area contributed by atoms with E-state index in [-0.39, 0.29) is 0 Å². The monoisotopic (exact) mass is 152 g/mol. The third-order valence-corrected chi connectivity index (χ3v) is 0.461. The van der Waals surface area contributed by atoms with E-state index >= 15 is 0 Å². The van der Waals surface area contributed by atoms with E-state index in [0.717, 1.165) is 6.42 Å². The number of hydrogen-bond acceptors (Lipinski definition) is 3. The molecular weight excluding hydrogens is 139 g/mol. The second-order valence-electron chi connectivity index (χ2n) is 1.17. The van der Waals surface area contributed by atoms with Gasteiger partial charge in [-0.3, -0.25) is 0 Å². The largest absolute Gasteiger partial charge is 0.216 e. The molecule has 0 amide bonds. The van der Waals surface area contributed by atoms with Crippen LogP contribution in [-0.4, -0.2) is 14.2 Å². The lowest BCUT2D eigenvalue weighted by Crippen LogP contribution is -1.82. The zero-order valence-electron chi connectivity index (χ0n) is 6.46. The minimum atomic E-state index is 0.556. The summed E-state index contributed by atoms with van der Waals surface area (Å²) in [6, 6.07) is 0. The SMILES string of the molecule is CCC=CF.COOOC. The van der Waals surface area contributed by atoms with E-state index in [1.807, 2.05) is 6.92 Å². The molecule has 0 radical (unpaired) electrons. The molecule has 10 heavy (non-hydrogen) atoms. The minimum absolute atomic E-state index is 0.556. The molecule has 0 bridgehead atoms. The van der Waals surface area contributed by atoms with Crippen molar-refractivity contribution in [1.82, 2.24) is 0 Å². The van der Waals surface area contributed by atoms with Crippen molar-refractivity contribution in [1.29, 1.82) is 0 Å². The summed E-state index contributed by atoms with van der Waals surface area (Å²) in [6.45, 7) is 1.88. The first-order valence-electron chi connectivity index (χ1n) is 2.82. The van der Waals surface area contributed by atoms with Gasteiger partial charge in [0.2, 0.25) is 0 Å². The highest BCUT2D eigenvalue weighted by Crippen LogP contribution is 1.76. The van der Waals surface area contributed by atoms with Crippen LogP contribution in [0.2, 0.25) is 0 Å². The van der Waals surface area contributed by atoms with Crippen LogP contribution in [0.5, 0.6) is 0 Å². The first-order valence-corrected chi connectivity index (χ1v) is 2.82. The van der Waals surface area contributed by atoms with Gasteiger partial charge in [-0.15, -0.1) is 0 Å². The van der Waals surface area contributed by atoms with Gasteiger partial charge in [0.25, 0.3) is 0 Å². The number of allylic oxidation sites excluding steroid dienone is 1. The van der Waals surface area contributed by atoms with Gasteiger partial charge in [0.1, 0.15) is 0 Å². The van der Waals surface area contributed by atoms with Crippen molar-refractivity contribution in [3.63, 3.8) is 0 Å². The Morgan fingerprint density at radius 1 is 1.30 bits per heavy atom. The van der Waals surface area contributed by atoms with E-state index in [0.29, 0.717) is 6.33 Å². The topological polar surface area (TPSA) is 27.7 Å². The van der Waals surface area contributed by atoms with Crippen LogP contribution in [0.4, 0.5) is 4.39 Å². The average Bonchev–Trinajstić information content (AvgIpc) is 1.93. The molecule has 0 aliphatic rings. The van der Waals surface area contributed by atoms with Crippen molar-refractivity contribution in [3.8, 4) is 0 Å². The van der Waals surface area contributed by atoms with Crippen LogP contribution in [0.15, 0.2) is 12.4 Å². The van der Waals surface area contributed by atoms with Gasteiger partial charge in [-0.1, -0.05) is 18.0 Å². The lowest BCUT2D eigenvalue weighted by Gasteiger charge is -1.85. The third kappa shape index (κ3) is 25.7. The molecular formula is C6H13FO3. The van der Waals surface area contributed by atoms with Gasteiger partial charge in [0, 0.05) is 0 Å². The maximum atomic E-state index is 10.8. The Morgan fingerprint density at radius 2 is 1.80 bits per heavy atom. The Balaban J connectivity index is 0. The van der Waals surface area contributed by atoms with Gasteiger partial charge < -0.3 is 0 Å². The van der Waals surface area contributed by atoms with Crippen molar-refractivity contribution in [2.75, 3.05) is 14.2 Å². The van der Waals surface area contributed by atoms with E-state index in [2.05, 4.69) is 14.8 Å². The second kappa shape index (κ2) is 15.8. The fraction of sp³-hybridized carbons (Fsp3) is 0.667. The maximum Gasteiger partial charge on any atom is 0.0826 e. The van der Waals surface area contributed by atoms with Gasteiger partial charge in [0.05, 0.1) is 20.5 Å². The summed E-state index contributed by atoms with van der Waals surface area (Å²) < 4.78 is 10.8. The molecule has 0 saturated carbocycles.